The number of aromatic nitrogens is 3. The van der Waals surface area contributed by atoms with Gasteiger partial charge in [-0.25, -0.2) is 4.98 Å². The number of nitrogens with zero attached hydrogens (tertiary/aromatic N) is 4. The second-order valence-corrected chi connectivity index (χ2v) is 6.15. The monoisotopic (exact) mass is 312 g/mol. The van der Waals surface area contributed by atoms with E-state index in [4.69, 9.17) is 0 Å². The minimum atomic E-state index is 0.269. The SMILES string of the molecule is O=C(CCc1ccccn1)N1CCCC[C@@H]1CCn1ccnc1. The van der Waals surface area contributed by atoms with Crippen LogP contribution in [0.15, 0.2) is 43.1 Å². The van der Waals surface area contributed by atoms with Crippen LogP contribution in [0.5, 0.6) is 0 Å². The summed E-state index contributed by atoms with van der Waals surface area (Å²) in [6.07, 6.45) is 13.2. The zero-order valence-corrected chi connectivity index (χ0v) is 13.5. The van der Waals surface area contributed by atoms with Gasteiger partial charge in [0.15, 0.2) is 0 Å². The first-order valence-electron chi connectivity index (χ1n) is 8.48. The van der Waals surface area contributed by atoms with Gasteiger partial charge < -0.3 is 9.47 Å². The first kappa shape index (κ1) is 15.7. The van der Waals surface area contributed by atoms with Crippen molar-refractivity contribution in [3.05, 3.63) is 48.8 Å². The number of piperidine rings is 1. The topological polar surface area (TPSA) is 51.0 Å². The van der Waals surface area contributed by atoms with Crippen LogP contribution in [-0.2, 0) is 17.8 Å². The highest BCUT2D eigenvalue weighted by atomic mass is 16.2. The van der Waals surface area contributed by atoms with Crippen LogP contribution in [0, 0.1) is 0 Å². The van der Waals surface area contributed by atoms with Crippen molar-refractivity contribution < 1.29 is 4.79 Å². The average molecular weight is 312 g/mol. The Kier molecular flexibility index (Phi) is 5.40. The summed E-state index contributed by atoms with van der Waals surface area (Å²) >= 11 is 0. The summed E-state index contributed by atoms with van der Waals surface area (Å²) in [5, 5.41) is 0. The van der Waals surface area contributed by atoms with Gasteiger partial charge in [0, 0.05) is 49.8 Å². The van der Waals surface area contributed by atoms with E-state index in [0.29, 0.717) is 12.5 Å². The third kappa shape index (κ3) is 4.41. The summed E-state index contributed by atoms with van der Waals surface area (Å²) in [5.74, 6) is 0.269. The minimum absolute atomic E-state index is 0.269. The lowest BCUT2D eigenvalue weighted by Crippen LogP contribution is -2.44. The smallest absolute Gasteiger partial charge is 0.223 e. The van der Waals surface area contributed by atoms with Crippen LogP contribution in [0.3, 0.4) is 0 Å². The molecule has 1 aliphatic rings. The van der Waals surface area contributed by atoms with Crippen molar-refractivity contribution in [2.45, 2.75) is 51.1 Å². The summed E-state index contributed by atoms with van der Waals surface area (Å²) < 4.78 is 2.09. The molecule has 1 saturated heterocycles. The molecule has 0 spiro atoms. The molecule has 23 heavy (non-hydrogen) atoms. The molecular formula is C18H24N4O. The van der Waals surface area contributed by atoms with Crippen molar-refractivity contribution in [1.82, 2.24) is 19.4 Å². The number of hydrogen-bond donors (Lipinski definition) is 0. The molecule has 3 rings (SSSR count). The highest BCUT2D eigenvalue weighted by molar-refractivity contribution is 5.76. The molecule has 1 amide bonds. The Labute approximate surface area is 137 Å². The average Bonchev–Trinajstić information content (AvgIpc) is 3.12. The molecular weight excluding hydrogens is 288 g/mol. The predicted molar refractivity (Wildman–Crippen MR) is 88.8 cm³/mol. The van der Waals surface area contributed by atoms with Gasteiger partial charge >= 0.3 is 0 Å². The molecule has 0 unspecified atom stereocenters. The van der Waals surface area contributed by atoms with Crippen LogP contribution in [0.25, 0.3) is 0 Å². The molecule has 1 atom stereocenters. The van der Waals surface area contributed by atoms with E-state index < -0.39 is 0 Å². The maximum absolute atomic E-state index is 12.6. The fourth-order valence-corrected chi connectivity index (χ4v) is 3.27. The van der Waals surface area contributed by atoms with Crippen molar-refractivity contribution in [3.63, 3.8) is 0 Å². The Morgan fingerprint density at radius 1 is 1.26 bits per heavy atom. The number of carbonyl (C=O) groups is 1. The van der Waals surface area contributed by atoms with Gasteiger partial charge in [-0.1, -0.05) is 6.07 Å². The molecule has 0 aromatic carbocycles. The summed E-state index contributed by atoms with van der Waals surface area (Å²) in [7, 11) is 0. The van der Waals surface area contributed by atoms with Gasteiger partial charge in [-0.15, -0.1) is 0 Å². The van der Waals surface area contributed by atoms with Crippen LogP contribution in [-0.4, -0.2) is 37.9 Å². The number of likely N-dealkylation sites (tertiary alicyclic amines) is 1. The number of hydrogen-bond acceptors (Lipinski definition) is 3. The molecule has 1 aliphatic heterocycles. The van der Waals surface area contributed by atoms with Crippen molar-refractivity contribution in [3.8, 4) is 0 Å². The normalized spacial score (nSPS) is 18.1. The molecule has 122 valence electrons. The van der Waals surface area contributed by atoms with Gasteiger partial charge in [-0.05, 0) is 44.2 Å². The second-order valence-electron chi connectivity index (χ2n) is 6.15. The largest absolute Gasteiger partial charge is 0.340 e. The van der Waals surface area contributed by atoms with Crippen LogP contribution in [0.2, 0.25) is 0 Å². The van der Waals surface area contributed by atoms with Crippen molar-refractivity contribution >= 4 is 5.91 Å². The number of pyridine rings is 1. The molecule has 1 fully saturated rings. The van der Waals surface area contributed by atoms with E-state index in [-0.39, 0.29) is 5.91 Å². The fourth-order valence-electron chi connectivity index (χ4n) is 3.27. The molecule has 2 aromatic rings. The van der Waals surface area contributed by atoms with Crippen LogP contribution < -0.4 is 0 Å². The molecule has 0 saturated carbocycles. The number of rotatable bonds is 6. The van der Waals surface area contributed by atoms with Crippen molar-refractivity contribution in [2.75, 3.05) is 6.54 Å². The number of imidazole rings is 1. The van der Waals surface area contributed by atoms with Gasteiger partial charge in [0.2, 0.25) is 5.91 Å². The molecule has 5 nitrogen and oxygen atoms in total. The molecule has 0 aliphatic carbocycles. The lowest BCUT2D eigenvalue weighted by molar-refractivity contribution is -0.135. The second kappa shape index (κ2) is 7.90. The van der Waals surface area contributed by atoms with E-state index in [9.17, 15) is 4.79 Å². The van der Waals surface area contributed by atoms with Crippen LogP contribution in [0.4, 0.5) is 0 Å². The Hall–Kier alpha value is -2.17. The molecule has 0 N–H and O–H groups in total. The third-order valence-corrected chi connectivity index (χ3v) is 4.55. The van der Waals surface area contributed by atoms with Gasteiger partial charge in [-0.2, -0.15) is 0 Å². The Morgan fingerprint density at radius 3 is 3.00 bits per heavy atom. The molecule has 3 heterocycles. The summed E-state index contributed by atoms with van der Waals surface area (Å²) in [4.78, 5) is 23.1. The zero-order chi connectivity index (χ0) is 15.9. The van der Waals surface area contributed by atoms with Crippen LogP contribution in [0.1, 0.15) is 37.8 Å². The molecule has 2 aromatic heterocycles. The quantitative estimate of drug-likeness (QED) is 0.824. The van der Waals surface area contributed by atoms with Crippen molar-refractivity contribution in [1.29, 1.82) is 0 Å². The minimum Gasteiger partial charge on any atom is -0.340 e. The standard InChI is InChI=1S/C18H24N4O/c23-18(8-7-16-5-1-3-10-20-16)22-12-4-2-6-17(22)9-13-21-14-11-19-15-21/h1,3,5,10-11,14-15,17H,2,4,6-9,12-13H2/t17-/m1/s1. The van der Waals surface area contributed by atoms with E-state index in [1.165, 1.54) is 6.42 Å². The van der Waals surface area contributed by atoms with Gasteiger partial charge in [-0.3, -0.25) is 9.78 Å². The Balaban J connectivity index is 1.53. The number of amides is 1. The Morgan fingerprint density at radius 2 is 2.22 bits per heavy atom. The first-order valence-corrected chi connectivity index (χ1v) is 8.48. The zero-order valence-electron chi connectivity index (χ0n) is 13.5. The third-order valence-electron chi connectivity index (χ3n) is 4.55. The van der Waals surface area contributed by atoms with Gasteiger partial charge in [0.25, 0.3) is 0 Å². The predicted octanol–water partition coefficient (Wildman–Crippen LogP) is 2.68. The van der Waals surface area contributed by atoms with Gasteiger partial charge in [0.1, 0.15) is 0 Å². The summed E-state index contributed by atoms with van der Waals surface area (Å²) in [6.45, 7) is 1.82. The van der Waals surface area contributed by atoms with E-state index in [1.54, 1.807) is 12.4 Å². The number of aryl methyl sites for hydroxylation is 2. The lowest BCUT2D eigenvalue weighted by atomic mass is 9.98. The van der Waals surface area contributed by atoms with E-state index in [0.717, 1.165) is 44.5 Å². The summed E-state index contributed by atoms with van der Waals surface area (Å²) in [5.41, 5.74) is 0.993. The lowest BCUT2D eigenvalue weighted by Gasteiger charge is -2.36. The maximum Gasteiger partial charge on any atom is 0.223 e. The van der Waals surface area contributed by atoms with Crippen LogP contribution >= 0.6 is 0 Å². The fraction of sp³-hybridized carbons (Fsp3) is 0.500. The van der Waals surface area contributed by atoms with E-state index in [2.05, 4.69) is 19.4 Å². The molecule has 5 heteroatoms. The molecule has 0 radical (unpaired) electrons. The van der Waals surface area contributed by atoms with Crippen molar-refractivity contribution in [2.24, 2.45) is 0 Å². The highest BCUT2D eigenvalue weighted by Crippen LogP contribution is 2.21. The highest BCUT2D eigenvalue weighted by Gasteiger charge is 2.26. The number of carbonyl (C=O) groups excluding carboxylic acids is 1. The summed E-state index contributed by atoms with van der Waals surface area (Å²) in [6, 6.07) is 6.23. The van der Waals surface area contributed by atoms with E-state index in [1.807, 2.05) is 30.7 Å². The maximum atomic E-state index is 12.6. The Bertz CT molecular complexity index is 597. The molecule has 0 bridgehead atoms. The first-order chi connectivity index (χ1) is 11.3. The van der Waals surface area contributed by atoms with E-state index >= 15 is 0 Å². The van der Waals surface area contributed by atoms with Gasteiger partial charge in [0.05, 0.1) is 6.33 Å².